The molecule has 0 saturated carbocycles. The predicted molar refractivity (Wildman–Crippen MR) is 97.2 cm³/mol. The van der Waals surface area contributed by atoms with Crippen LogP contribution in [0.5, 0.6) is 5.75 Å². The highest BCUT2D eigenvalue weighted by atomic mass is 35.5. The second-order valence-electron chi connectivity index (χ2n) is 5.97. The van der Waals surface area contributed by atoms with Crippen molar-refractivity contribution < 1.29 is 9.53 Å². The summed E-state index contributed by atoms with van der Waals surface area (Å²) in [6.45, 7) is 2.13. The number of ether oxygens (including phenoxy) is 1. The van der Waals surface area contributed by atoms with E-state index in [1.807, 2.05) is 12.1 Å². The average molecular weight is 345 g/mol. The lowest BCUT2D eigenvalue weighted by Gasteiger charge is -2.23. The molecule has 2 aromatic carbocycles. The molecule has 1 amide bonds. The zero-order valence-electron chi connectivity index (χ0n) is 13.6. The second-order valence-corrected chi connectivity index (χ2v) is 6.38. The van der Waals surface area contributed by atoms with Gasteiger partial charge in [-0.1, -0.05) is 23.7 Å². The summed E-state index contributed by atoms with van der Waals surface area (Å²) >= 11 is 5.99. The Kier molecular flexibility index (Phi) is 5.38. The van der Waals surface area contributed by atoms with Crippen LogP contribution in [-0.2, 0) is 0 Å². The molecule has 1 fully saturated rings. The number of nitrogens with one attached hydrogen (secondary N) is 2. The number of methoxy groups -OCH3 is 1. The molecule has 0 radical (unpaired) electrons. The van der Waals surface area contributed by atoms with Crippen LogP contribution in [0.3, 0.4) is 0 Å². The van der Waals surface area contributed by atoms with E-state index in [9.17, 15) is 4.79 Å². The molecule has 0 unspecified atom stereocenters. The first-order valence-corrected chi connectivity index (χ1v) is 8.51. The lowest BCUT2D eigenvalue weighted by Crippen LogP contribution is -2.28. The van der Waals surface area contributed by atoms with Gasteiger partial charge in [0.05, 0.1) is 12.1 Å². The van der Waals surface area contributed by atoms with Crippen LogP contribution in [0.2, 0.25) is 5.02 Å². The molecule has 5 heteroatoms. The molecule has 0 aliphatic carbocycles. The van der Waals surface area contributed by atoms with E-state index in [1.54, 1.807) is 18.2 Å². The molecule has 126 valence electrons. The molecule has 2 N–H and O–H groups in total. The number of piperidine rings is 1. The molecule has 1 aliphatic rings. The van der Waals surface area contributed by atoms with Crippen LogP contribution >= 0.6 is 11.6 Å². The van der Waals surface area contributed by atoms with Gasteiger partial charge in [0.2, 0.25) is 0 Å². The van der Waals surface area contributed by atoms with E-state index < -0.39 is 0 Å². The summed E-state index contributed by atoms with van der Waals surface area (Å²) in [5.74, 6) is 0.866. The highest BCUT2D eigenvalue weighted by molar-refractivity contribution is 6.32. The molecule has 3 rings (SSSR count). The summed E-state index contributed by atoms with van der Waals surface area (Å²) < 4.78 is 5.15. The van der Waals surface area contributed by atoms with Crippen molar-refractivity contribution in [3.05, 3.63) is 58.6 Å². The molecule has 1 saturated heterocycles. The summed E-state index contributed by atoms with van der Waals surface area (Å²) in [4.78, 5) is 12.4. The molecule has 0 spiro atoms. The first kappa shape index (κ1) is 16.8. The smallest absolute Gasteiger partial charge is 0.255 e. The molecular weight excluding hydrogens is 324 g/mol. The Morgan fingerprint density at radius 1 is 1.25 bits per heavy atom. The largest absolute Gasteiger partial charge is 0.495 e. The van der Waals surface area contributed by atoms with Crippen molar-refractivity contribution in [1.29, 1.82) is 0 Å². The van der Waals surface area contributed by atoms with Crippen LogP contribution in [-0.4, -0.2) is 26.1 Å². The first-order chi connectivity index (χ1) is 11.7. The number of amides is 1. The van der Waals surface area contributed by atoms with Crippen LogP contribution in [0.4, 0.5) is 5.69 Å². The van der Waals surface area contributed by atoms with Crippen LogP contribution in [0.1, 0.15) is 34.7 Å². The standard InChI is InChI=1S/C19H21ClN2O2/c1-24-18-11-14(6-9-17(18)20)19(23)22-16-7-4-13(5-8-16)15-3-2-10-21-12-15/h4-9,11,15,21H,2-3,10,12H2,1H3,(H,22,23)/t15-/m1/s1. The summed E-state index contributed by atoms with van der Waals surface area (Å²) in [6, 6.07) is 13.1. The first-order valence-electron chi connectivity index (χ1n) is 8.13. The number of anilines is 1. The Labute approximate surface area is 147 Å². The van der Waals surface area contributed by atoms with E-state index in [1.165, 1.54) is 25.5 Å². The predicted octanol–water partition coefficient (Wildman–Crippen LogP) is 4.07. The zero-order chi connectivity index (χ0) is 16.9. The molecule has 1 atom stereocenters. The third-order valence-electron chi connectivity index (χ3n) is 4.35. The fourth-order valence-corrected chi connectivity index (χ4v) is 3.17. The number of rotatable bonds is 4. The van der Waals surface area contributed by atoms with Crippen molar-refractivity contribution in [2.75, 3.05) is 25.5 Å². The fourth-order valence-electron chi connectivity index (χ4n) is 2.98. The molecule has 4 nitrogen and oxygen atoms in total. The maximum atomic E-state index is 12.4. The summed E-state index contributed by atoms with van der Waals surface area (Å²) in [5, 5.41) is 6.82. The average Bonchev–Trinajstić information content (AvgIpc) is 2.63. The highest BCUT2D eigenvalue weighted by Crippen LogP contribution is 2.26. The molecule has 0 aromatic heterocycles. The van der Waals surface area contributed by atoms with Gasteiger partial charge in [0.1, 0.15) is 5.75 Å². The van der Waals surface area contributed by atoms with Gasteiger partial charge in [-0.25, -0.2) is 0 Å². The number of halogens is 1. The van der Waals surface area contributed by atoms with Crippen molar-refractivity contribution in [3.63, 3.8) is 0 Å². The topological polar surface area (TPSA) is 50.4 Å². The van der Waals surface area contributed by atoms with Crippen molar-refractivity contribution >= 4 is 23.2 Å². The summed E-state index contributed by atoms with van der Waals surface area (Å²) in [5.41, 5.74) is 2.60. The number of benzene rings is 2. The zero-order valence-corrected chi connectivity index (χ0v) is 14.4. The Bertz CT molecular complexity index is 710. The minimum absolute atomic E-state index is 0.183. The van der Waals surface area contributed by atoms with Gasteiger partial charge in [-0.05, 0) is 61.2 Å². The normalized spacial score (nSPS) is 17.3. The van der Waals surface area contributed by atoms with Crippen molar-refractivity contribution in [2.24, 2.45) is 0 Å². The van der Waals surface area contributed by atoms with Gasteiger partial charge in [0, 0.05) is 17.8 Å². The van der Waals surface area contributed by atoms with Gasteiger partial charge in [0.15, 0.2) is 0 Å². The monoisotopic (exact) mass is 344 g/mol. The lowest BCUT2D eigenvalue weighted by atomic mass is 9.91. The minimum atomic E-state index is -0.183. The Hall–Kier alpha value is -2.04. The Morgan fingerprint density at radius 3 is 2.71 bits per heavy atom. The SMILES string of the molecule is COc1cc(C(=O)Nc2ccc([C@@H]3CCCNC3)cc2)ccc1Cl. The number of hydrogen-bond donors (Lipinski definition) is 2. The fraction of sp³-hybridized carbons (Fsp3) is 0.316. The number of hydrogen-bond acceptors (Lipinski definition) is 3. The van der Waals surface area contributed by atoms with E-state index in [0.717, 1.165) is 18.8 Å². The maximum Gasteiger partial charge on any atom is 0.255 e. The van der Waals surface area contributed by atoms with Gasteiger partial charge in [-0.2, -0.15) is 0 Å². The maximum absolute atomic E-state index is 12.4. The number of carbonyl (C=O) groups is 1. The van der Waals surface area contributed by atoms with Gasteiger partial charge >= 0.3 is 0 Å². The highest BCUT2D eigenvalue weighted by Gasteiger charge is 2.15. The van der Waals surface area contributed by atoms with Crippen molar-refractivity contribution in [2.45, 2.75) is 18.8 Å². The molecule has 24 heavy (non-hydrogen) atoms. The van der Waals surface area contributed by atoms with E-state index in [0.29, 0.717) is 22.3 Å². The second kappa shape index (κ2) is 7.69. The quantitative estimate of drug-likeness (QED) is 0.879. The third-order valence-corrected chi connectivity index (χ3v) is 4.66. The summed E-state index contributed by atoms with van der Waals surface area (Å²) in [7, 11) is 1.53. The third kappa shape index (κ3) is 3.89. The van der Waals surface area contributed by atoms with E-state index in [-0.39, 0.29) is 5.91 Å². The van der Waals surface area contributed by atoms with Gasteiger partial charge in [-0.15, -0.1) is 0 Å². The molecule has 2 aromatic rings. The Balaban J connectivity index is 1.68. The van der Waals surface area contributed by atoms with Crippen LogP contribution < -0.4 is 15.4 Å². The molecule has 0 bridgehead atoms. The van der Waals surface area contributed by atoms with Crippen molar-refractivity contribution in [3.8, 4) is 5.75 Å². The minimum Gasteiger partial charge on any atom is -0.495 e. The molecular formula is C19H21ClN2O2. The molecule has 1 aliphatic heterocycles. The van der Waals surface area contributed by atoms with Crippen LogP contribution in [0.15, 0.2) is 42.5 Å². The Morgan fingerprint density at radius 2 is 2.04 bits per heavy atom. The number of carbonyl (C=O) groups excluding carboxylic acids is 1. The summed E-state index contributed by atoms with van der Waals surface area (Å²) in [6.07, 6.45) is 2.42. The van der Waals surface area contributed by atoms with Crippen LogP contribution in [0, 0.1) is 0 Å². The van der Waals surface area contributed by atoms with E-state index in [2.05, 4.69) is 22.8 Å². The molecule has 1 heterocycles. The van der Waals surface area contributed by atoms with Gasteiger partial charge in [0.25, 0.3) is 5.91 Å². The van der Waals surface area contributed by atoms with E-state index >= 15 is 0 Å². The van der Waals surface area contributed by atoms with Gasteiger partial charge < -0.3 is 15.4 Å². The van der Waals surface area contributed by atoms with Gasteiger partial charge in [-0.3, -0.25) is 4.79 Å². The lowest BCUT2D eigenvalue weighted by molar-refractivity contribution is 0.102. The van der Waals surface area contributed by atoms with Crippen molar-refractivity contribution in [1.82, 2.24) is 5.32 Å². The van der Waals surface area contributed by atoms with Crippen LogP contribution in [0.25, 0.3) is 0 Å². The van der Waals surface area contributed by atoms with E-state index in [4.69, 9.17) is 16.3 Å².